The molecule has 0 N–H and O–H groups in total. The molecular formula is C12H13NO. The summed E-state index contributed by atoms with van der Waals surface area (Å²) >= 11 is 0. The molecule has 1 aromatic rings. The largest absolute Gasteiger partial charge is 0.490 e. The summed E-state index contributed by atoms with van der Waals surface area (Å²) in [5.74, 6) is 0.897. The molecule has 2 heteroatoms. The Bertz CT molecular complexity index is 374. The zero-order valence-corrected chi connectivity index (χ0v) is 8.29. The Morgan fingerprint density at radius 1 is 1.50 bits per heavy atom. The molecule has 1 aliphatic rings. The Morgan fingerprint density at radius 3 is 2.86 bits per heavy atom. The fourth-order valence-electron chi connectivity index (χ4n) is 1.51. The normalized spacial score (nSPS) is 14.9. The number of benzene rings is 1. The summed E-state index contributed by atoms with van der Waals surface area (Å²) < 4.78 is 5.74. The van der Waals surface area contributed by atoms with E-state index in [1.807, 2.05) is 18.2 Å². The number of rotatable bonds is 3. The monoisotopic (exact) mass is 187 g/mol. The molecule has 2 nitrogen and oxygen atoms in total. The van der Waals surface area contributed by atoms with Crippen molar-refractivity contribution in [1.29, 1.82) is 5.26 Å². The average molecular weight is 187 g/mol. The van der Waals surface area contributed by atoms with Gasteiger partial charge in [0, 0.05) is 5.56 Å². The van der Waals surface area contributed by atoms with Gasteiger partial charge in [0.15, 0.2) is 0 Å². The summed E-state index contributed by atoms with van der Waals surface area (Å²) in [7, 11) is 0. The standard InChI is InChI=1S/C12H13NO/c1-2-11-9(8-13)4-3-5-12(11)14-10-6-7-10/h3-5,10H,2,6-7H2,1H3. The molecule has 72 valence electrons. The molecule has 0 unspecified atom stereocenters. The lowest BCUT2D eigenvalue weighted by atomic mass is 10.1. The molecule has 0 atom stereocenters. The van der Waals surface area contributed by atoms with Gasteiger partial charge in [-0.3, -0.25) is 0 Å². The smallest absolute Gasteiger partial charge is 0.124 e. The minimum atomic E-state index is 0.397. The van der Waals surface area contributed by atoms with Crippen molar-refractivity contribution in [3.63, 3.8) is 0 Å². The molecule has 1 aliphatic carbocycles. The van der Waals surface area contributed by atoms with Crippen LogP contribution in [0.25, 0.3) is 0 Å². The number of hydrogen-bond acceptors (Lipinski definition) is 2. The van der Waals surface area contributed by atoms with Crippen LogP contribution in [0.1, 0.15) is 30.9 Å². The third kappa shape index (κ3) is 1.72. The molecule has 0 saturated heterocycles. The predicted octanol–water partition coefficient (Wildman–Crippen LogP) is 2.66. The van der Waals surface area contributed by atoms with E-state index in [1.165, 1.54) is 0 Å². The van der Waals surface area contributed by atoms with Crippen LogP contribution < -0.4 is 4.74 Å². The van der Waals surface area contributed by atoms with Crippen molar-refractivity contribution >= 4 is 0 Å². The summed E-state index contributed by atoms with van der Waals surface area (Å²) in [5.41, 5.74) is 1.78. The first-order chi connectivity index (χ1) is 6.85. The van der Waals surface area contributed by atoms with Gasteiger partial charge in [0.2, 0.25) is 0 Å². The number of nitrogens with zero attached hydrogens (tertiary/aromatic N) is 1. The second kappa shape index (κ2) is 3.71. The molecule has 1 saturated carbocycles. The van der Waals surface area contributed by atoms with E-state index in [0.717, 1.165) is 36.1 Å². The van der Waals surface area contributed by atoms with Gasteiger partial charge >= 0.3 is 0 Å². The van der Waals surface area contributed by atoms with Gasteiger partial charge in [-0.05, 0) is 31.4 Å². The van der Waals surface area contributed by atoms with Gasteiger partial charge in [0.1, 0.15) is 5.75 Å². The van der Waals surface area contributed by atoms with Crippen molar-refractivity contribution in [2.45, 2.75) is 32.3 Å². The van der Waals surface area contributed by atoms with Gasteiger partial charge in [-0.15, -0.1) is 0 Å². The molecule has 1 aromatic carbocycles. The summed E-state index contributed by atoms with van der Waals surface area (Å²) in [6.07, 6.45) is 3.56. The van der Waals surface area contributed by atoms with Crippen LogP contribution in [-0.4, -0.2) is 6.10 Å². The molecule has 14 heavy (non-hydrogen) atoms. The maximum atomic E-state index is 8.92. The molecular weight excluding hydrogens is 174 g/mol. The number of hydrogen-bond donors (Lipinski definition) is 0. The van der Waals surface area contributed by atoms with E-state index in [-0.39, 0.29) is 0 Å². The molecule has 0 aliphatic heterocycles. The average Bonchev–Trinajstić information content (AvgIpc) is 3.01. The molecule has 0 bridgehead atoms. The Hall–Kier alpha value is -1.49. The Labute approximate surface area is 84.1 Å². The molecule has 0 heterocycles. The van der Waals surface area contributed by atoms with Gasteiger partial charge in [-0.2, -0.15) is 5.26 Å². The first-order valence-corrected chi connectivity index (χ1v) is 5.03. The number of nitriles is 1. The highest BCUT2D eigenvalue weighted by molar-refractivity contribution is 5.46. The van der Waals surface area contributed by atoms with Crippen LogP contribution in [0.15, 0.2) is 18.2 Å². The molecule has 0 amide bonds. The highest BCUT2D eigenvalue weighted by Gasteiger charge is 2.24. The van der Waals surface area contributed by atoms with E-state index in [9.17, 15) is 0 Å². The summed E-state index contributed by atoms with van der Waals surface area (Å²) in [5, 5.41) is 8.92. The van der Waals surface area contributed by atoms with Crippen molar-refractivity contribution < 1.29 is 4.74 Å². The molecule has 1 fully saturated rings. The minimum absolute atomic E-state index is 0.397. The molecule has 0 spiro atoms. The van der Waals surface area contributed by atoms with Crippen LogP contribution in [0.5, 0.6) is 5.75 Å². The first kappa shape index (κ1) is 9.08. The van der Waals surface area contributed by atoms with Crippen molar-refractivity contribution in [1.82, 2.24) is 0 Å². The lowest BCUT2D eigenvalue weighted by Gasteiger charge is -2.10. The Kier molecular flexibility index (Phi) is 2.41. The lowest BCUT2D eigenvalue weighted by molar-refractivity contribution is 0.300. The zero-order valence-electron chi connectivity index (χ0n) is 8.29. The van der Waals surface area contributed by atoms with Gasteiger partial charge in [0.25, 0.3) is 0 Å². The molecule has 0 radical (unpaired) electrons. The van der Waals surface area contributed by atoms with E-state index in [2.05, 4.69) is 13.0 Å². The maximum Gasteiger partial charge on any atom is 0.124 e. The van der Waals surface area contributed by atoms with Crippen LogP contribution in [0.2, 0.25) is 0 Å². The predicted molar refractivity (Wildman–Crippen MR) is 54.2 cm³/mol. The first-order valence-electron chi connectivity index (χ1n) is 5.03. The van der Waals surface area contributed by atoms with Crippen molar-refractivity contribution in [2.75, 3.05) is 0 Å². The number of ether oxygens (including phenoxy) is 1. The molecule has 0 aromatic heterocycles. The quantitative estimate of drug-likeness (QED) is 0.728. The minimum Gasteiger partial charge on any atom is -0.490 e. The van der Waals surface area contributed by atoms with Crippen molar-refractivity contribution in [2.24, 2.45) is 0 Å². The van der Waals surface area contributed by atoms with Crippen molar-refractivity contribution in [3.8, 4) is 11.8 Å². The zero-order chi connectivity index (χ0) is 9.97. The second-order valence-corrected chi connectivity index (χ2v) is 3.56. The Balaban J connectivity index is 2.32. The van der Waals surface area contributed by atoms with E-state index in [1.54, 1.807) is 0 Å². The van der Waals surface area contributed by atoms with Crippen LogP contribution in [0, 0.1) is 11.3 Å². The van der Waals surface area contributed by atoms with E-state index < -0.39 is 0 Å². The summed E-state index contributed by atoms with van der Waals surface area (Å²) in [6, 6.07) is 7.89. The maximum absolute atomic E-state index is 8.92. The van der Waals surface area contributed by atoms with E-state index in [0.29, 0.717) is 6.10 Å². The van der Waals surface area contributed by atoms with Crippen LogP contribution in [0.3, 0.4) is 0 Å². The highest BCUT2D eigenvalue weighted by atomic mass is 16.5. The van der Waals surface area contributed by atoms with Gasteiger partial charge in [-0.1, -0.05) is 13.0 Å². The SMILES string of the molecule is CCc1c(C#N)cccc1OC1CC1. The van der Waals surface area contributed by atoms with E-state index >= 15 is 0 Å². The lowest BCUT2D eigenvalue weighted by Crippen LogP contribution is -2.00. The third-order valence-corrected chi connectivity index (χ3v) is 2.43. The molecule has 2 rings (SSSR count). The second-order valence-electron chi connectivity index (χ2n) is 3.56. The van der Waals surface area contributed by atoms with Crippen LogP contribution in [-0.2, 0) is 6.42 Å². The third-order valence-electron chi connectivity index (χ3n) is 2.43. The summed E-state index contributed by atoms with van der Waals surface area (Å²) in [6.45, 7) is 2.05. The van der Waals surface area contributed by atoms with Gasteiger partial charge < -0.3 is 4.74 Å². The van der Waals surface area contributed by atoms with Gasteiger partial charge in [-0.25, -0.2) is 0 Å². The van der Waals surface area contributed by atoms with Crippen LogP contribution >= 0.6 is 0 Å². The highest BCUT2D eigenvalue weighted by Crippen LogP contribution is 2.30. The van der Waals surface area contributed by atoms with Crippen LogP contribution in [0.4, 0.5) is 0 Å². The van der Waals surface area contributed by atoms with Crippen molar-refractivity contribution in [3.05, 3.63) is 29.3 Å². The van der Waals surface area contributed by atoms with Gasteiger partial charge in [0.05, 0.1) is 17.7 Å². The fourth-order valence-corrected chi connectivity index (χ4v) is 1.51. The Morgan fingerprint density at radius 2 is 2.29 bits per heavy atom. The summed E-state index contributed by atoms with van der Waals surface area (Å²) in [4.78, 5) is 0. The fraction of sp³-hybridized carbons (Fsp3) is 0.417. The van der Waals surface area contributed by atoms with E-state index in [4.69, 9.17) is 10.00 Å². The topological polar surface area (TPSA) is 33.0 Å².